The van der Waals surface area contributed by atoms with Gasteiger partial charge in [0.05, 0.1) is 0 Å². The van der Waals surface area contributed by atoms with E-state index in [-0.39, 0.29) is 5.91 Å². The highest BCUT2D eigenvalue weighted by Crippen LogP contribution is 2.28. The van der Waals surface area contributed by atoms with Crippen molar-refractivity contribution in [2.45, 2.75) is 26.2 Å². The Morgan fingerprint density at radius 2 is 1.93 bits per heavy atom. The molecule has 1 aromatic carbocycles. The van der Waals surface area contributed by atoms with Crippen molar-refractivity contribution in [2.24, 2.45) is 5.92 Å². The zero-order valence-electron chi connectivity index (χ0n) is 9.12. The van der Waals surface area contributed by atoms with E-state index < -0.39 is 0 Å². The molecule has 1 aliphatic rings. The molecular formula is C13H17NO. The Morgan fingerprint density at radius 3 is 2.47 bits per heavy atom. The first-order valence-corrected chi connectivity index (χ1v) is 5.63. The van der Waals surface area contributed by atoms with Gasteiger partial charge in [0.15, 0.2) is 0 Å². The van der Waals surface area contributed by atoms with Gasteiger partial charge in [-0.25, -0.2) is 0 Å². The first-order valence-electron chi connectivity index (χ1n) is 5.63. The lowest BCUT2D eigenvalue weighted by atomic mass is 10.0. The lowest BCUT2D eigenvalue weighted by molar-refractivity contribution is -0.121. The Morgan fingerprint density at radius 1 is 1.33 bits per heavy atom. The molecule has 0 aliphatic heterocycles. The number of hydrogen-bond acceptors (Lipinski definition) is 1. The summed E-state index contributed by atoms with van der Waals surface area (Å²) in [5.41, 5.74) is 2.85. The van der Waals surface area contributed by atoms with Crippen LogP contribution in [-0.4, -0.2) is 12.5 Å². The standard InChI is InChI=1S/C13H17NO/c1-2-14-13(15)9-10-7-11-5-3-4-6-12(11)8-10/h3-6,10H,2,7-9H2,1H3,(H,14,15). The van der Waals surface area contributed by atoms with Crippen LogP contribution < -0.4 is 5.32 Å². The molecule has 0 unspecified atom stereocenters. The van der Waals surface area contributed by atoms with Gasteiger partial charge >= 0.3 is 0 Å². The van der Waals surface area contributed by atoms with E-state index in [1.165, 1.54) is 11.1 Å². The maximum atomic E-state index is 11.4. The van der Waals surface area contributed by atoms with Gasteiger partial charge in [-0.2, -0.15) is 0 Å². The van der Waals surface area contributed by atoms with Crippen LogP contribution in [0.1, 0.15) is 24.5 Å². The van der Waals surface area contributed by atoms with E-state index in [0.29, 0.717) is 12.3 Å². The minimum atomic E-state index is 0.190. The van der Waals surface area contributed by atoms with Crippen LogP contribution in [0.15, 0.2) is 24.3 Å². The Hall–Kier alpha value is -1.31. The van der Waals surface area contributed by atoms with Crippen LogP contribution in [0, 0.1) is 5.92 Å². The van der Waals surface area contributed by atoms with Crippen LogP contribution in [0.5, 0.6) is 0 Å². The first kappa shape index (κ1) is 10.2. The van der Waals surface area contributed by atoms with E-state index in [9.17, 15) is 4.79 Å². The summed E-state index contributed by atoms with van der Waals surface area (Å²) in [6.45, 7) is 2.69. The van der Waals surface area contributed by atoms with E-state index in [4.69, 9.17) is 0 Å². The van der Waals surface area contributed by atoms with Crippen molar-refractivity contribution in [3.05, 3.63) is 35.4 Å². The van der Waals surface area contributed by atoms with Gasteiger partial charge in [-0.3, -0.25) is 4.79 Å². The summed E-state index contributed by atoms with van der Waals surface area (Å²) in [5, 5.41) is 2.86. The molecule has 1 aliphatic carbocycles. The summed E-state index contributed by atoms with van der Waals surface area (Å²) in [7, 11) is 0. The summed E-state index contributed by atoms with van der Waals surface area (Å²) < 4.78 is 0. The number of rotatable bonds is 3. The summed E-state index contributed by atoms with van der Waals surface area (Å²) in [6.07, 6.45) is 2.79. The number of nitrogens with one attached hydrogen (secondary N) is 1. The second kappa shape index (κ2) is 4.47. The normalized spacial score (nSPS) is 15.0. The van der Waals surface area contributed by atoms with Crippen LogP contribution in [-0.2, 0) is 17.6 Å². The van der Waals surface area contributed by atoms with E-state index >= 15 is 0 Å². The topological polar surface area (TPSA) is 29.1 Å². The third-order valence-corrected chi connectivity index (χ3v) is 2.98. The number of hydrogen-bond donors (Lipinski definition) is 1. The van der Waals surface area contributed by atoms with E-state index in [2.05, 4.69) is 29.6 Å². The largest absolute Gasteiger partial charge is 0.356 e. The molecule has 2 rings (SSSR count). The molecule has 0 saturated heterocycles. The average Bonchev–Trinajstić information content (AvgIpc) is 2.59. The highest BCUT2D eigenvalue weighted by atomic mass is 16.1. The molecule has 0 radical (unpaired) electrons. The molecule has 1 aromatic rings. The highest BCUT2D eigenvalue weighted by Gasteiger charge is 2.22. The smallest absolute Gasteiger partial charge is 0.220 e. The third-order valence-electron chi connectivity index (χ3n) is 2.98. The van der Waals surface area contributed by atoms with Gasteiger partial charge in [0.1, 0.15) is 0 Å². The zero-order valence-corrected chi connectivity index (χ0v) is 9.12. The zero-order chi connectivity index (χ0) is 10.7. The SMILES string of the molecule is CCNC(=O)CC1Cc2ccccc2C1. The molecule has 0 heterocycles. The lowest BCUT2D eigenvalue weighted by Gasteiger charge is -2.07. The van der Waals surface area contributed by atoms with Crippen molar-refractivity contribution in [1.29, 1.82) is 0 Å². The van der Waals surface area contributed by atoms with Crippen molar-refractivity contribution in [1.82, 2.24) is 5.32 Å². The van der Waals surface area contributed by atoms with Gasteiger partial charge in [-0.1, -0.05) is 24.3 Å². The first-order chi connectivity index (χ1) is 7.29. The molecule has 0 aromatic heterocycles. The number of carbonyl (C=O) groups excluding carboxylic acids is 1. The van der Waals surface area contributed by atoms with E-state index in [1.807, 2.05) is 6.92 Å². The van der Waals surface area contributed by atoms with Gasteiger partial charge in [-0.05, 0) is 36.8 Å². The maximum absolute atomic E-state index is 11.4. The molecular weight excluding hydrogens is 186 g/mol. The molecule has 0 atom stereocenters. The fourth-order valence-corrected chi connectivity index (χ4v) is 2.33. The molecule has 0 bridgehead atoms. The molecule has 0 spiro atoms. The van der Waals surface area contributed by atoms with Crippen LogP contribution in [0.3, 0.4) is 0 Å². The van der Waals surface area contributed by atoms with Crippen LogP contribution in [0.25, 0.3) is 0 Å². The second-order valence-electron chi connectivity index (χ2n) is 4.20. The fraction of sp³-hybridized carbons (Fsp3) is 0.462. The van der Waals surface area contributed by atoms with Crippen LogP contribution in [0.4, 0.5) is 0 Å². The van der Waals surface area contributed by atoms with Crippen molar-refractivity contribution in [2.75, 3.05) is 6.54 Å². The van der Waals surface area contributed by atoms with Gasteiger partial charge in [0, 0.05) is 13.0 Å². The molecule has 1 N–H and O–H groups in total. The second-order valence-corrected chi connectivity index (χ2v) is 4.20. The average molecular weight is 203 g/mol. The summed E-state index contributed by atoms with van der Waals surface area (Å²) >= 11 is 0. The summed E-state index contributed by atoms with van der Waals surface area (Å²) in [4.78, 5) is 11.4. The van der Waals surface area contributed by atoms with Crippen molar-refractivity contribution in [3.63, 3.8) is 0 Å². The van der Waals surface area contributed by atoms with Crippen molar-refractivity contribution in [3.8, 4) is 0 Å². The quantitative estimate of drug-likeness (QED) is 0.799. The molecule has 15 heavy (non-hydrogen) atoms. The molecule has 2 nitrogen and oxygen atoms in total. The molecule has 2 heteroatoms. The number of amides is 1. The Balaban J connectivity index is 1.93. The van der Waals surface area contributed by atoms with Gasteiger partial charge in [0.2, 0.25) is 5.91 Å². The number of fused-ring (bicyclic) bond motifs is 1. The van der Waals surface area contributed by atoms with E-state index in [0.717, 1.165) is 19.4 Å². The summed E-state index contributed by atoms with van der Waals surface area (Å²) in [6, 6.07) is 8.50. The van der Waals surface area contributed by atoms with Gasteiger partial charge in [0.25, 0.3) is 0 Å². The predicted octanol–water partition coefficient (Wildman–Crippen LogP) is 1.93. The highest BCUT2D eigenvalue weighted by molar-refractivity contribution is 5.76. The Kier molecular flexibility index (Phi) is 3.05. The summed E-state index contributed by atoms with van der Waals surface area (Å²) in [5.74, 6) is 0.698. The number of benzene rings is 1. The van der Waals surface area contributed by atoms with Gasteiger partial charge in [-0.15, -0.1) is 0 Å². The monoisotopic (exact) mass is 203 g/mol. The van der Waals surface area contributed by atoms with Crippen LogP contribution >= 0.6 is 0 Å². The Bertz CT molecular complexity index is 334. The van der Waals surface area contributed by atoms with Crippen molar-refractivity contribution < 1.29 is 4.79 Å². The third kappa shape index (κ3) is 2.38. The van der Waals surface area contributed by atoms with E-state index in [1.54, 1.807) is 0 Å². The predicted molar refractivity (Wildman–Crippen MR) is 60.6 cm³/mol. The van der Waals surface area contributed by atoms with Gasteiger partial charge < -0.3 is 5.32 Å². The maximum Gasteiger partial charge on any atom is 0.220 e. The lowest BCUT2D eigenvalue weighted by Crippen LogP contribution is -2.25. The molecule has 1 amide bonds. The minimum absolute atomic E-state index is 0.190. The van der Waals surface area contributed by atoms with Crippen LogP contribution in [0.2, 0.25) is 0 Å². The minimum Gasteiger partial charge on any atom is -0.356 e. The molecule has 0 saturated carbocycles. The fourth-order valence-electron chi connectivity index (χ4n) is 2.33. The van der Waals surface area contributed by atoms with Crippen molar-refractivity contribution >= 4 is 5.91 Å². The molecule has 80 valence electrons. The Labute approximate surface area is 90.7 Å². The molecule has 0 fully saturated rings. The number of carbonyl (C=O) groups is 1.